The van der Waals surface area contributed by atoms with Crippen molar-refractivity contribution in [3.8, 4) is 17.6 Å². The van der Waals surface area contributed by atoms with Gasteiger partial charge in [0, 0.05) is 49.2 Å². The van der Waals surface area contributed by atoms with Gasteiger partial charge in [-0.3, -0.25) is 14.8 Å². The smallest absolute Gasteiger partial charge is 0.410 e. The Morgan fingerprint density at radius 1 is 1.09 bits per heavy atom. The second-order valence-corrected chi connectivity index (χ2v) is 11.5. The van der Waals surface area contributed by atoms with Gasteiger partial charge in [0.15, 0.2) is 0 Å². The molecule has 0 saturated heterocycles. The van der Waals surface area contributed by atoms with E-state index in [1.807, 2.05) is 25.1 Å². The molecule has 0 atom stereocenters. The summed E-state index contributed by atoms with van der Waals surface area (Å²) in [5.74, 6) is 0.447. The van der Waals surface area contributed by atoms with Crippen molar-refractivity contribution in [1.82, 2.24) is 14.9 Å². The van der Waals surface area contributed by atoms with E-state index in [2.05, 4.69) is 26.7 Å². The maximum atomic E-state index is 12.9. The van der Waals surface area contributed by atoms with E-state index in [1.54, 1.807) is 70.4 Å². The Bertz CT molecular complexity index is 1780. The lowest BCUT2D eigenvalue weighted by atomic mass is 10.1. The van der Waals surface area contributed by atoms with Gasteiger partial charge in [0.1, 0.15) is 29.8 Å². The number of fused-ring (bicyclic) bond motifs is 1. The van der Waals surface area contributed by atoms with Gasteiger partial charge in [-0.15, -0.1) is 0 Å². The molecule has 2 aromatic heterocycles. The number of hydrogen-bond acceptors (Lipinski definition) is 9. The van der Waals surface area contributed by atoms with Crippen LogP contribution in [0, 0.1) is 11.3 Å². The zero-order valence-corrected chi connectivity index (χ0v) is 27.0. The molecule has 0 bridgehead atoms. The number of aromatic nitrogens is 2. The van der Waals surface area contributed by atoms with Gasteiger partial charge in [-0.05, 0) is 64.1 Å². The first-order valence-electron chi connectivity index (χ1n) is 14.5. The molecule has 12 heteroatoms. The van der Waals surface area contributed by atoms with Crippen molar-refractivity contribution in [1.29, 1.82) is 5.26 Å². The Balaban J connectivity index is 1.57. The Labute approximate surface area is 272 Å². The number of carbonyl (C=O) groups excluding carboxylic acids is 2. The van der Waals surface area contributed by atoms with Crippen LogP contribution in [0.2, 0.25) is 5.02 Å². The van der Waals surface area contributed by atoms with Gasteiger partial charge < -0.3 is 29.7 Å². The van der Waals surface area contributed by atoms with Crippen molar-refractivity contribution in [2.75, 3.05) is 30.8 Å². The monoisotopic (exact) mass is 642 g/mol. The van der Waals surface area contributed by atoms with Crippen LogP contribution >= 0.6 is 11.6 Å². The Morgan fingerprint density at radius 3 is 2.57 bits per heavy atom. The van der Waals surface area contributed by atoms with E-state index >= 15 is 0 Å². The van der Waals surface area contributed by atoms with Crippen LogP contribution < -0.4 is 20.1 Å². The van der Waals surface area contributed by atoms with Crippen molar-refractivity contribution in [2.24, 2.45) is 0 Å². The van der Waals surface area contributed by atoms with Crippen molar-refractivity contribution in [2.45, 2.75) is 39.9 Å². The van der Waals surface area contributed by atoms with Gasteiger partial charge in [-0.2, -0.15) is 5.26 Å². The number of likely N-dealkylation sites (N-methyl/N-ethyl adjacent to an activating group) is 1. The first-order chi connectivity index (χ1) is 22.0. The fraction of sp³-hybridized carbons (Fsp3) is 0.265. The Kier molecular flexibility index (Phi) is 11.0. The predicted octanol–water partition coefficient (Wildman–Crippen LogP) is 7.24. The van der Waals surface area contributed by atoms with E-state index in [9.17, 15) is 14.9 Å². The molecular formula is C34H35ClN6O5. The number of rotatable bonds is 11. The van der Waals surface area contributed by atoms with Crippen LogP contribution in [-0.4, -0.2) is 52.7 Å². The highest BCUT2D eigenvalue weighted by molar-refractivity contribution is 6.32. The average molecular weight is 643 g/mol. The standard InChI is InChI=1S/C34H35ClN6O5/c1-6-44-30-18-27-25(17-28(30)40-31(42)11-9-15-41(5)33(43)46-34(2,3)4)32(22(19-36)20-38-27)39-23-12-13-29(26(35)16-23)45-21-24-10-7-8-14-37-24/h7-14,16-18,20H,6,15,21H2,1-5H3,(H,38,39)(H,40,42). The van der Waals surface area contributed by atoms with Gasteiger partial charge >= 0.3 is 6.09 Å². The van der Waals surface area contributed by atoms with Crippen LogP contribution in [0.4, 0.5) is 21.9 Å². The number of anilines is 3. The van der Waals surface area contributed by atoms with Crippen LogP contribution in [0.15, 0.2) is 73.1 Å². The number of hydrogen-bond donors (Lipinski definition) is 2. The molecule has 0 saturated carbocycles. The third-order valence-electron chi connectivity index (χ3n) is 6.30. The van der Waals surface area contributed by atoms with Gasteiger partial charge in [0.25, 0.3) is 0 Å². The predicted molar refractivity (Wildman–Crippen MR) is 178 cm³/mol. The lowest BCUT2D eigenvalue weighted by molar-refractivity contribution is -0.112. The highest BCUT2D eigenvalue weighted by Gasteiger charge is 2.19. The molecule has 4 rings (SSSR count). The highest BCUT2D eigenvalue weighted by Crippen LogP contribution is 2.37. The molecule has 2 N–H and O–H groups in total. The quantitative estimate of drug-likeness (QED) is 0.162. The van der Waals surface area contributed by atoms with Gasteiger partial charge in [0.05, 0.1) is 39.8 Å². The molecular weight excluding hydrogens is 608 g/mol. The largest absolute Gasteiger partial charge is 0.492 e. The molecule has 0 spiro atoms. The van der Waals surface area contributed by atoms with Crippen molar-refractivity contribution in [3.63, 3.8) is 0 Å². The number of amides is 2. The van der Waals surface area contributed by atoms with E-state index < -0.39 is 17.6 Å². The molecule has 0 aliphatic carbocycles. The van der Waals surface area contributed by atoms with Crippen molar-refractivity contribution < 1.29 is 23.8 Å². The molecule has 2 aromatic carbocycles. The topological polar surface area (TPSA) is 139 Å². The SMILES string of the molecule is CCOc1cc2ncc(C#N)c(Nc3ccc(OCc4ccccn4)c(Cl)c3)c2cc1NC(=O)C=CCN(C)C(=O)OC(C)(C)C. The van der Waals surface area contributed by atoms with Crippen LogP contribution in [0.1, 0.15) is 39.0 Å². The van der Waals surface area contributed by atoms with E-state index in [0.29, 0.717) is 51.1 Å². The lowest BCUT2D eigenvalue weighted by Gasteiger charge is -2.23. The summed E-state index contributed by atoms with van der Waals surface area (Å²) >= 11 is 6.54. The summed E-state index contributed by atoms with van der Waals surface area (Å²) in [5, 5.41) is 17.0. The summed E-state index contributed by atoms with van der Waals surface area (Å²) in [5.41, 5.74) is 2.41. The van der Waals surface area contributed by atoms with E-state index in [4.69, 9.17) is 25.8 Å². The summed E-state index contributed by atoms with van der Waals surface area (Å²) in [6, 6.07) is 16.3. The molecule has 11 nitrogen and oxygen atoms in total. The molecule has 0 aliphatic heterocycles. The minimum Gasteiger partial charge on any atom is -0.492 e. The molecule has 2 heterocycles. The second-order valence-electron chi connectivity index (χ2n) is 11.1. The number of halogens is 1. The summed E-state index contributed by atoms with van der Waals surface area (Å²) in [6.07, 6.45) is 5.53. The summed E-state index contributed by atoms with van der Waals surface area (Å²) in [4.78, 5) is 35.1. The molecule has 4 aromatic rings. The number of pyridine rings is 2. The molecule has 0 fully saturated rings. The van der Waals surface area contributed by atoms with Gasteiger partial charge in [-0.1, -0.05) is 23.7 Å². The van der Waals surface area contributed by atoms with Crippen LogP contribution in [0.3, 0.4) is 0 Å². The van der Waals surface area contributed by atoms with E-state index in [-0.39, 0.29) is 18.7 Å². The number of benzene rings is 2. The average Bonchev–Trinajstić information content (AvgIpc) is 3.01. The number of nitrogens with one attached hydrogen (secondary N) is 2. The third kappa shape index (κ3) is 9.09. The summed E-state index contributed by atoms with van der Waals surface area (Å²) in [7, 11) is 1.58. The minimum atomic E-state index is -0.628. The molecule has 238 valence electrons. The first-order valence-corrected chi connectivity index (χ1v) is 14.9. The first kappa shape index (κ1) is 33.6. The lowest BCUT2D eigenvalue weighted by Crippen LogP contribution is -2.34. The van der Waals surface area contributed by atoms with Gasteiger partial charge in [0.2, 0.25) is 5.91 Å². The summed E-state index contributed by atoms with van der Waals surface area (Å²) < 4.78 is 17.0. The molecule has 0 aliphatic rings. The fourth-order valence-electron chi connectivity index (χ4n) is 4.19. The fourth-order valence-corrected chi connectivity index (χ4v) is 4.43. The number of carbonyl (C=O) groups is 2. The number of nitriles is 1. The van der Waals surface area contributed by atoms with E-state index in [0.717, 1.165) is 5.69 Å². The van der Waals surface area contributed by atoms with Gasteiger partial charge in [-0.25, -0.2) is 4.79 Å². The Morgan fingerprint density at radius 2 is 1.89 bits per heavy atom. The highest BCUT2D eigenvalue weighted by atomic mass is 35.5. The normalized spacial score (nSPS) is 11.2. The minimum absolute atomic E-state index is 0.164. The number of nitrogens with zero attached hydrogens (tertiary/aromatic N) is 4. The zero-order valence-electron chi connectivity index (χ0n) is 26.3. The van der Waals surface area contributed by atoms with Crippen LogP contribution in [-0.2, 0) is 16.1 Å². The van der Waals surface area contributed by atoms with E-state index in [1.165, 1.54) is 17.2 Å². The second kappa shape index (κ2) is 15.1. The molecule has 46 heavy (non-hydrogen) atoms. The summed E-state index contributed by atoms with van der Waals surface area (Å²) in [6.45, 7) is 7.94. The zero-order chi connectivity index (χ0) is 33.3. The van der Waals surface area contributed by atoms with Crippen molar-refractivity contribution in [3.05, 3.63) is 89.4 Å². The van der Waals surface area contributed by atoms with Crippen LogP contribution in [0.25, 0.3) is 10.9 Å². The van der Waals surface area contributed by atoms with Crippen LogP contribution in [0.5, 0.6) is 11.5 Å². The molecule has 0 radical (unpaired) electrons. The van der Waals surface area contributed by atoms with Crippen molar-refractivity contribution >= 4 is 51.6 Å². The Hall–Kier alpha value is -5.34. The molecule has 2 amide bonds. The molecule has 0 unspecified atom stereocenters. The maximum absolute atomic E-state index is 12.9. The number of ether oxygens (including phenoxy) is 3. The maximum Gasteiger partial charge on any atom is 0.410 e. The third-order valence-corrected chi connectivity index (χ3v) is 6.60.